The van der Waals surface area contributed by atoms with Crippen molar-refractivity contribution in [3.63, 3.8) is 0 Å². The lowest BCUT2D eigenvalue weighted by Gasteiger charge is -2.11. The van der Waals surface area contributed by atoms with Crippen LogP contribution >= 0.6 is 0 Å². The lowest BCUT2D eigenvalue weighted by molar-refractivity contribution is -0.114. The van der Waals surface area contributed by atoms with Crippen LogP contribution in [0.1, 0.15) is 17.3 Å². The van der Waals surface area contributed by atoms with E-state index in [1.165, 1.54) is 20.1 Å². The van der Waals surface area contributed by atoms with Crippen LogP contribution in [0.4, 0.5) is 10.1 Å². The molecule has 0 saturated carbocycles. The SMILES string of the molecule is COc1ccc(F)c(C=O)c1NC(C)=O. The second-order valence-corrected chi connectivity index (χ2v) is 2.84. The van der Waals surface area contributed by atoms with Gasteiger partial charge in [0.05, 0.1) is 18.4 Å². The Balaban J connectivity index is 3.33. The van der Waals surface area contributed by atoms with E-state index < -0.39 is 11.7 Å². The summed E-state index contributed by atoms with van der Waals surface area (Å²) in [7, 11) is 1.37. The first-order valence-electron chi connectivity index (χ1n) is 4.19. The predicted octanol–water partition coefficient (Wildman–Crippen LogP) is 1.61. The number of amides is 1. The monoisotopic (exact) mass is 211 g/mol. The van der Waals surface area contributed by atoms with Crippen LogP contribution in [0.2, 0.25) is 0 Å². The van der Waals surface area contributed by atoms with E-state index in [9.17, 15) is 14.0 Å². The number of hydrogen-bond acceptors (Lipinski definition) is 3. The molecular weight excluding hydrogens is 201 g/mol. The third-order valence-corrected chi connectivity index (χ3v) is 1.79. The minimum absolute atomic E-state index is 0.0556. The Morgan fingerprint density at radius 1 is 1.53 bits per heavy atom. The zero-order valence-corrected chi connectivity index (χ0v) is 8.33. The first kappa shape index (κ1) is 11.2. The normalized spacial score (nSPS) is 9.53. The Kier molecular flexibility index (Phi) is 3.38. The first-order chi connectivity index (χ1) is 7.10. The van der Waals surface area contributed by atoms with Crippen LogP contribution < -0.4 is 10.1 Å². The van der Waals surface area contributed by atoms with Crippen molar-refractivity contribution in [3.8, 4) is 5.75 Å². The number of halogens is 1. The van der Waals surface area contributed by atoms with Crippen molar-refractivity contribution in [2.75, 3.05) is 12.4 Å². The molecule has 4 nitrogen and oxygen atoms in total. The predicted molar refractivity (Wildman–Crippen MR) is 52.6 cm³/mol. The Bertz CT molecular complexity index is 404. The summed E-state index contributed by atoms with van der Waals surface area (Å²) in [5.41, 5.74) is -0.162. The van der Waals surface area contributed by atoms with E-state index in [1.807, 2.05) is 0 Å². The second kappa shape index (κ2) is 4.54. The van der Waals surface area contributed by atoms with Gasteiger partial charge in [-0.1, -0.05) is 0 Å². The number of aldehydes is 1. The van der Waals surface area contributed by atoms with Gasteiger partial charge in [-0.15, -0.1) is 0 Å². The van der Waals surface area contributed by atoms with Crippen LogP contribution in [0.5, 0.6) is 5.75 Å². The van der Waals surface area contributed by atoms with E-state index in [0.29, 0.717) is 6.29 Å². The molecule has 1 N–H and O–H groups in total. The fraction of sp³-hybridized carbons (Fsp3) is 0.200. The molecule has 1 rings (SSSR count). The Morgan fingerprint density at radius 2 is 2.20 bits per heavy atom. The number of ether oxygens (including phenoxy) is 1. The number of benzene rings is 1. The number of rotatable bonds is 3. The fourth-order valence-electron chi connectivity index (χ4n) is 1.16. The maximum absolute atomic E-state index is 13.2. The molecule has 0 saturated heterocycles. The number of nitrogens with one attached hydrogen (secondary N) is 1. The van der Waals surface area contributed by atoms with Crippen LogP contribution in [0.25, 0.3) is 0 Å². The molecule has 0 atom stereocenters. The second-order valence-electron chi connectivity index (χ2n) is 2.84. The van der Waals surface area contributed by atoms with Gasteiger partial charge < -0.3 is 10.1 Å². The molecule has 0 bridgehead atoms. The van der Waals surface area contributed by atoms with Crippen LogP contribution in [0, 0.1) is 5.82 Å². The van der Waals surface area contributed by atoms with E-state index in [1.54, 1.807) is 0 Å². The summed E-state index contributed by atoms with van der Waals surface area (Å²) in [5, 5.41) is 2.35. The molecule has 0 heterocycles. The lowest BCUT2D eigenvalue weighted by atomic mass is 10.1. The molecule has 0 fully saturated rings. The average molecular weight is 211 g/mol. The summed E-state index contributed by atoms with van der Waals surface area (Å²) in [4.78, 5) is 21.5. The highest BCUT2D eigenvalue weighted by Crippen LogP contribution is 2.29. The Hall–Kier alpha value is -1.91. The van der Waals surface area contributed by atoms with E-state index in [0.717, 1.165) is 6.07 Å². The van der Waals surface area contributed by atoms with Gasteiger partial charge in [0, 0.05) is 6.92 Å². The maximum Gasteiger partial charge on any atom is 0.221 e. The van der Waals surface area contributed by atoms with E-state index in [-0.39, 0.29) is 17.0 Å². The maximum atomic E-state index is 13.2. The zero-order chi connectivity index (χ0) is 11.4. The molecule has 0 aliphatic heterocycles. The quantitative estimate of drug-likeness (QED) is 0.772. The van der Waals surface area contributed by atoms with E-state index in [4.69, 9.17) is 4.74 Å². The highest BCUT2D eigenvalue weighted by Gasteiger charge is 2.14. The fourth-order valence-corrected chi connectivity index (χ4v) is 1.16. The molecule has 0 unspecified atom stereocenters. The Morgan fingerprint density at radius 3 is 2.67 bits per heavy atom. The molecular formula is C10H10FNO3. The molecule has 1 aromatic rings. The average Bonchev–Trinajstić information content (AvgIpc) is 2.18. The molecule has 80 valence electrons. The number of hydrogen-bond donors (Lipinski definition) is 1. The minimum Gasteiger partial charge on any atom is -0.495 e. The number of anilines is 1. The molecule has 0 aromatic heterocycles. The smallest absolute Gasteiger partial charge is 0.221 e. The van der Waals surface area contributed by atoms with Crippen LogP contribution in [-0.4, -0.2) is 19.3 Å². The van der Waals surface area contributed by atoms with Crippen molar-refractivity contribution >= 4 is 17.9 Å². The van der Waals surface area contributed by atoms with Gasteiger partial charge in [0.1, 0.15) is 11.6 Å². The van der Waals surface area contributed by atoms with Crippen LogP contribution in [0.15, 0.2) is 12.1 Å². The lowest BCUT2D eigenvalue weighted by Crippen LogP contribution is -2.10. The van der Waals surface area contributed by atoms with Gasteiger partial charge in [0.15, 0.2) is 6.29 Å². The highest BCUT2D eigenvalue weighted by atomic mass is 19.1. The summed E-state index contributed by atoms with van der Waals surface area (Å²) < 4.78 is 18.1. The first-order valence-corrected chi connectivity index (χ1v) is 4.19. The van der Waals surface area contributed by atoms with Gasteiger partial charge in [-0.3, -0.25) is 9.59 Å². The van der Waals surface area contributed by atoms with Crippen molar-refractivity contribution in [2.45, 2.75) is 6.92 Å². The topological polar surface area (TPSA) is 55.4 Å². The summed E-state index contributed by atoms with van der Waals surface area (Å²) in [5.74, 6) is -0.856. The molecule has 0 aliphatic rings. The molecule has 15 heavy (non-hydrogen) atoms. The van der Waals surface area contributed by atoms with Gasteiger partial charge in [-0.25, -0.2) is 4.39 Å². The molecule has 5 heteroatoms. The zero-order valence-electron chi connectivity index (χ0n) is 8.33. The molecule has 0 radical (unpaired) electrons. The van der Waals surface area contributed by atoms with Crippen molar-refractivity contribution < 1.29 is 18.7 Å². The van der Waals surface area contributed by atoms with Crippen molar-refractivity contribution in [1.82, 2.24) is 0 Å². The standard InChI is InChI=1S/C10H10FNO3/c1-6(14)12-10-7(5-13)8(11)3-4-9(10)15-2/h3-5H,1-2H3,(H,12,14). The summed E-state index contributed by atoms with van der Waals surface area (Å²) >= 11 is 0. The van der Waals surface area contributed by atoms with E-state index in [2.05, 4.69) is 5.32 Å². The van der Waals surface area contributed by atoms with Crippen LogP contribution in [0.3, 0.4) is 0 Å². The Labute approximate surface area is 86.0 Å². The molecule has 1 aromatic carbocycles. The number of carbonyl (C=O) groups excluding carboxylic acids is 2. The van der Waals surface area contributed by atoms with E-state index >= 15 is 0 Å². The third-order valence-electron chi connectivity index (χ3n) is 1.79. The number of carbonyl (C=O) groups is 2. The third kappa shape index (κ3) is 2.31. The van der Waals surface area contributed by atoms with Gasteiger partial charge in [0.2, 0.25) is 5.91 Å². The largest absolute Gasteiger partial charge is 0.495 e. The van der Waals surface area contributed by atoms with Crippen molar-refractivity contribution in [1.29, 1.82) is 0 Å². The minimum atomic E-state index is -0.699. The van der Waals surface area contributed by atoms with Gasteiger partial charge >= 0.3 is 0 Å². The van der Waals surface area contributed by atoms with Gasteiger partial charge in [0.25, 0.3) is 0 Å². The van der Waals surface area contributed by atoms with Crippen molar-refractivity contribution in [3.05, 3.63) is 23.5 Å². The number of methoxy groups -OCH3 is 1. The summed E-state index contributed by atoms with van der Waals surface area (Å²) in [6, 6.07) is 2.45. The molecule has 0 spiro atoms. The van der Waals surface area contributed by atoms with Gasteiger partial charge in [-0.2, -0.15) is 0 Å². The summed E-state index contributed by atoms with van der Waals surface area (Å²) in [6.07, 6.45) is 0.336. The van der Waals surface area contributed by atoms with Crippen LogP contribution in [-0.2, 0) is 4.79 Å². The summed E-state index contributed by atoms with van der Waals surface area (Å²) in [6.45, 7) is 1.26. The highest BCUT2D eigenvalue weighted by molar-refractivity contribution is 5.97. The van der Waals surface area contributed by atoms with Crippen molar-refractivity contribution in [2.24, 2.45) is 0 Å². The molecule has 1 amide bonds. The molecule has 0 aliphatic carbocycles. The van der Waals surface area contributed by atoms with Gasteiger partial charge in [-0.05, 0) is 12.1 Å².